The zero-order valence-electron chi connectivity index (χ0n) is 18.6. The van der Waals surface area contributed by atoms with Crippen molar-refractivity contribution in [3.05, 3.63) is 90.0 Å². The highest BCUT2D eigenvalue weighted by Gasteiger charge is 2.32. The summed E-state index contributed by atoms with van der Waals surface area (Å²) in [6, 6.07) is 18.3. The lowest BCUT2D eigenvalue weighted by molar-refractivity contribution is -0.119. The molecule has 0 aliphatic carbocycles. The molecule has 0 fully saturated rings. The van der Waals surface area contributed by atoms with Crippen LogP contribution in [0.25, 0.3) is 6.08 Å². The van der Waals surface area contributed by atoms with E-state index in [4.69, 9.17) is 4.42 Å². The molecule has 0 spiro atoms. The maximum atomic E-state index is 13.1. The largest absolute Gasteiger partial charge is 0.465 e. The monoisotopic (exact) mass is 497 g/mol. The Morgan fingerprint density at radius 2 is 1.89 bits per heavy atom. The number of hydrogen-bond acceptors (Lipinski definition) is 6. The van der Waals surface area contributed by atoms with E-state index in [1.54, 1.807) is 12.1 Å². The van der Waals surface area contributed by atoms with Crippen molar-refractivity contribution >= 4 is 40.5 Å². The van der Waals surface area contributed by atoms with E-state index in [0.29, 0.717) is 11.4 Å². The highest BCUT2D eigenvalue weighted by atomic mass is 32.2. The van der Waals surface area contributed by atoms with Crippen LogP contribution in [0, 0.1) is 0 Å². The number of ether oxygens (including phenoxy) is 1. The third-order valence-corrected chi connectivity index (χ3v) is 5.92. The molecule has 1 aromatic heterocycles. The van der Waals surface area contributed by atoms with E-state index in [2.05, 4.69) is 15.0 Å². The van der Waals surface area contributed by atoms with Gasteiger partial charge >= 0.3 is 6.61 Å². The van der Waals surface area contributed by atoms with Crippen molar-refractivity contribution in [3.8, 4) is 5.75 Å². The lowest BCUT2D eigenvalue weighted by Crippen LogP contribution is -2.33. The van der Waals surface area contributed by atoms with E-state index >= 15 is 0 Å². The van der Waals surface area contributed by atoms with Crippen molar-refractivity contribution in [2.24, 2.45) is 4.99 Å². The molecule has 2 heterocycles. The first-order valence-electron chi connectivity index (χ1n) is 10.6. The van der Waals surface area contributed by atoms with Gasteiger partial charge in [0.1, 0.15) is 17.2 Å². The number of furan rings is 1. The fourth-order valence-electron chi connectivity index (χ4n) is 3.34. The predicted octanol–water partition coefficient (Wildman–Crippen LogP) is 5.24. The van der Waals surface area contributed by atoms with Gasteiger partial charge in [0, 0.05) is 6.08 Å². The SMILES string of the molecule is CC(NC(=O)CSC1=N/C(=C/c2ccco2)C(=O)N1c1ccc(OC(F)F)cc1)c1ccccc1. The lowest BCUT2D eigenvalue weighted by atomic mass is 10.1. The molecule has 4 rings (SSSR count). The molecule has 2 amide bonds. The van der Waals surface area contributed by atoms with Gasteiger partial charge < -0.3 is 14.5 Å². The van der Waals surface area contributed by atoms with Crippen molar-refractivity contribution in [1.29, 1.82) is 0 Å². The van der Waals surface area contributed by atoms with Crippen molar-refractivity contribution in [1.82, 2.24) is 5.32 Å². The number of alkyl halides is 2. The third-order valence-electron chi connectivity index (χ3n) is 4.98. The Balaban J connectivity index is 1.51. The topological polar surface area (TPSA) is 84.1 Å². The van der Waals surface area contributed by atoms with Gasteiger partial charge in [-0.2, -0.15) is 8.78 Å². The average Bonchev–Trinajstić information content (AvgIpc) is 3.47. The second kappa shape index (κ2) is 11.0. The van der Waals surface area contributed by atoms with Crippen molar-refractivity contribution in [2.45, 2.75) is 19.6 Å². The Morgan fingerprint density at radius 1 is 1.14 bits per heavy atom. The van der Waals surface area contributed by atoms with Gasteiger partial charge in [-0.3, -0.25) is 14.5 Å². The summed E-state index contributed by atoms with van der Waals surface area (Å²) >= 11 is 1.09. The van der Waals surface area contributed by atoms with Crippen LogP contribution in [0.2, 0.25) is 0 Å². The summed E-state index contributed by atoms with van der Waals surface area (Å²) < 4.78 is 34.6. The first kappa shape index (κ1) is 24.2. The number of carbonyl (C=O) groups is 2. The number of aliphatic imine (C=N–C) groups is 1. The predicted molar refractivity (Wildman–Crippen MR) is 130 cm³/mol. The van der Waals surface area contributed by atoms with Crippen LogP contribution in [0.4, 0.5) is 14.5 Å². The molecule has 0 saturated heterocycles. The summed E-state index contributed by atoms with van der Waals surface area (Å²) in [5.74, 6) is -0.254. The summed E-state index contributed by atoms with van der Waals surface area (Å²) in [4.78, 5) is 31.5. The first-order chi connectivity index (χ1) is 16.9. The van der Waals surface area contributed by atoms with Crippen LogP contribution in [0.15, 0.2) is 88.1 Å². The smallest absolute Gasteiger partial charge is 0.387 e. The number of thioether (sulfide) groups is 1. The fourth-order valence-corrected chi connectivity index (χ4v) is 4.17. The van der Waals surface area contributed by atoms with Gasteiger partial charge in [-0.05, 0) is 48.9 Å². The minimum atomic E-state index is -2.96. The standard InChI is InChI=1S/C25H21F2N3O4S/c1-16(17-6-3-2-4-7-17)28-22(31)15-35-25-29-21(14-20-8-5-13-33-20)23(32)30(25)18-9-11-19(12-10-18)34-24(26)27/h2-14,16,24H,15H2,1H3,(H,28,31)/b21-14+. The lowest BCUT2D eigenvalue weighted by Gasteiger charge is -2.19. The number of amides is 2. The van der Waals surface area contributed by atoms with Gasteiger partial charge in [-0.1, -0.05) is 42.1 Å². The third kappa shape index (κ3) is 6.15. The fraction of sp³-hybridized carbons (Fsp3) is 0.160. The Kier molecular flexibility index (Phi) is 7.61. The number of hydrogen-bond donors (Lipinski definition) is 1. The molecule has 35 heavy (non-hydrogen) atoms. The Morgan fingerprint density at radius 3 is 2.54 bits per heavy atom. The molecule has 10 heteroatoms. The second-order valence-electron chi connectivity index (χ2n) is 7.44. The maximum absolute atomic E-state index is 13.1. The van der Waals surface area contributed by atoms with E-state index in [-0.39, 0.29) is 34.3 Å². The molecule has 1 aliphatic heterocycles. The molecule has 1 atom stereocenters. The van der Waals surface area contributed by atoms with Crippen molar-refractivity contribution < 1.29 is 27.5 Å². The molecule has 0 bridgehead atoms. The molecule has 3 aromatic rings. The first-order valence-corrected chi connectivity index (χ1v) is 11.6. The Bertz CT molecular complexity index is 1230. The number of nitrogens with zero attached hydrogens (tertiary/aromatic N) is 2. The molecule has 180 valence electrons. The van der Waals surface area contributed by atoms with Gasteiger partial charge in [0.05, 0.1) is 23.7 Å². The zero-order chi connectivity index (χ0) is 24.8. The van der Waals surface area contributed by atoms with Crippen LogP contribution in [0.3, 0.4) is 0 Å². The summed E-state index contributed by atoms with van der Waals surface area (Å²) in [5.41, 5.74) is 1.48. The van der Waals surface area contributed by atoms with E-state index in [1.807, 2.05) is 37.3 Å². The van der Waals surface area contributed by atoms with E-state index in [9.17, 15) is 18.4 Å². The number of carbonyl (C=O) groups excluding carboxylic acids is 2. The number of halogens is 2. The number of nitrogens with one attached hydrogen (secondary N) is 1. The number of benzene rings is 2. The molecule has 0 radical (unpaired) electrons. The number of anilines is 1. The van der Waals surface area contributed by atoms with Crippen LogP contribution >= 0.6 is 11.8 Å². The van der Waals surface area contributed by atoms with Gasteiger partial charge in [0.15, 0.2) is 5.17 Å². The number of amidine groups is 1. The molecule has 2 aromatic carbocycles. The molecule has 0 saturated carbocycles. The van der Waals surface area contributed by atoms with Crippen LogP contribution in [-0.4, -0.2) is 29.3 Å². The second-order valence-corrected chi connectivity index (χ2v) is 8.38. The van der Waals surface area contributed by atoms with Crippen LogP contribution in [-0.2, 0) is 9.59 Å². The number of rotatable bonds is 8. The van der Waals surface area contributed by atoms with Crippen molar-refractivity contribution in [3.63, 3.8) is 0 Å². The van der Waals surface area contributed by atoms with Crippen LogP contribution < -0.4 is 15.0 Å². The summed E-state index contributed by atoms with van der Waals surface area (Å²) in [7, 11) is 0. The molecule has 1 unspecified atom stereocenters. The summed E-state index contributed by atoms with van der Waals surface area (Å²) in [6.45, 7) is -1.07. The molecule has 7 nitrogen and oxygen atoms in total. The van der Waals surface area contributed by atoms with Gasteiger partial charge in [-0.15, -0.1) is 0 Å². The minimum Gasteiger partial charge on any atom is -0.465 e. The van der Waals surface area contributed by atoms with Crippen LogP contribution in [0.1, 0.15) is 24.3 Å². The van der Waals surface area contributed by atoms with E-state index < -0.39 is 12.5 Å². The van der Waals surface area contributed by atoms with Crippen molar-refractivity contribution in [2.75, 3.05) is 10.7 Å². The minimum absolute atomic E-state index is 0.0143. The average molecular weight is 498 g/mol. The van der Waals surface area contributed by atoms with E-state index in [1.165, 1.54) is 41.5 Å². The molecule has 1 N–H and O–H groups in total. The quantitative estimate of drug-likeness (QED) is 0.431. The van der Waals surface area contributed by atoms with Gasteiger partial charge in [-0.25, -0.2) is 4.99 Å². The normalized spacial score (nSPS) is 15.4. The maximum Gasteiger partial charge on any atom is 0.387 e. The zero-order valence-corrected chi connectivity index (χ0v) is 19.4. The summed E-state index contributed by atoms with van der Waals surface area (Å²) in [6.07, 6.45) is 2.97. The van der Waals surface area contributed by atoms with E-state index in [0.717, 1.165) is 17.3 Å². The van der Waals surface area contributed by atoms with Gasteiger partial charge in [0.2, 0.25) is 5.91 Å². The summed E-state index contributed by atoms with van der Waals surface area (Å²) in [5, 5.41) is 3.20. The molecular formula is C25H21F2N3O4S. The molecular weight excluding hydrogens is 476 g/mol. The Hall–Kier alpha value is -3.92. The highest BCUT2D eigenvalue weighted by molar-refractivity contribution is 8.14. The Labute approximate surface area is 204 Å². The molecule has 1 aliphatic rings. The highest BCUT2D eigenvalue weighted by Crippen LogP contribution is 2.31. The van der Waals surface area contributed by atoms with Gasteiger partial charge in [0.25, 0.3) is 5.91 Å². The van der Waals surface area contributed by atoms with Crippen LogP contribution in [0.5, 0.6) is 5.75 Å².